The van der Waals surface area contributed by atoms with Crippen LogP contribution in [0.3, 0.4) is 0 Å². The van der Waals surface area contributed by atoms with Crippen molar-refractivity contribution < 1.29 is 4.74 Å². The second kappa shape index (κ2) is 4.45. The van der Waals surface area contributed by atoms with E-state index < -0.39 is 0 Å². The first-order valence-corrected chi connectivity index (χ1v) is 5.31. The van der Waals surface area contributed by atoms with E-state index in [1.165, 1.54) is 0 Å². The van der Waals surface area contributed by atoms with Crippen molar-refractivity contribution in [2.45, 2.75) is 20.0 Å². The molecule has 0 aromatic carbocycles. The van der Waals surface area contributed by atoms with Crippen LogP contribution >= 0.6 is 0 Å². The largest absolute Gasteiger partial charge is 0.375 e. The summed E-state index contributed by atoms with van der Waals surface area (Å²) >= 11 is 0. The van der Waals surface area contributed by atoms with Gasteiger partial charge >= 0.3 is 0 Å². The fraction of sp³-hybridized carbons (Fsp3) is 0.545. The number of nitrogens with zero attached hydrogens (tertiary/aromatic N) is 4. The topological polar surface area (TPSA) is 62.0 Å². The normalized spacial score (nSPS) is 20.6. The number of ether oxygens (including phenoxy) is 1. The zero-order chi connectivity index (χ0) is 11.5. The molecule has 2 heterocycles. The van der Waals surface area contributed by atoms with E-state index in [2.05, 4.69) is 15.1 Å². The molecule has 84 valence electrons. The molecule has 5 heteroatoms. The molecule has 0 saturated carbocycles. The first kappa shape index (κ1) is 10.8. The minimum absolute atomic E-state index is 0.214. The van der Waals surface area contributed by atoms with Crippen LogP contribution in [-0.4, -0.2) is 36.0 Å². The SMILES string of the molecule is Cc1cc(C#N)nnc1N1CCO[C@H](C)C1. The number of aromatic nitrogens is 2. The third-order valence-electron chi connectivity index (χ3n) is 2.61. The summed E-state index contributed by atoms with van der Waals surface area (Å²) in [6.45, 7) is 6.35. The first-order valence-electron chi connectivity index (χ1n) is 5.31. The van der Waals surface area contributed by atoms with Crippen LogP contribution < -0.4 is 4.90 Å². The highest BCUT2D eigenvalue weighted by molar-refractivity contribution is 5.47. The highest BCUT2D eigenvalue weighted by Gasteiger charge is 2.19. The third kappa shape index (κ3) is 2.12. The Morgan fingerprint density at radius 3 is 3.00 bits per heavy atom. The van der Waals surface area contributed by atoms with Gasteiger partial charge in [-0.1, -0.05) is 0 Å². The van der Waals surface area contributed by atoms with E-state index in [9.17, 15) is 0 Å². The quantitative estimate of drug-likeness (QED) is 0.700. The van der Waals surface area contributed by atoms with Crippen molar-refractivity contribution >= 4 is 5.82 Å². The van der Waals surface area contributed by atoms with Gasteiger partial charge in [-0.2, -0.15) is 5.26 Å². The lowest BCUT2D eigenvalue weighted by molar-refractivity contribution is 0.0528. The molecule has 0 N–H and O–H groups in total. The molecule has 0 bridgehead atoms. The number of rotatable bonds is 1. The third-order valence-corrected chi connectivity index (χ3v) is 2.61. The molecule has 0 radical (unpaired) electrons. The fourth-order valence-electron chi connectivity index (χ4n) is 1.86. The molecule has 1 aliphatic rings. The second-order valence-corrected chi connectivity index (χ2v) is 3.98. The number of nitriles is 1. The van der Waals surface area contributed by atoms with Crippen molar-refractivity contribution in [1.82, 2.24) is 10.2 Å². The summed E-state index contributed by atoms with van der Waals surface area (Å²) in [4.78, 5) is 2.15. The summed E-state index contributed by atoms with van der Waals surface area (Å²) in [6, 6.07) is 3.76. The number of morpholine rings is 1. The van der Waals surface area contributed by atoms with Crippen LogP contribution in [-0.2, 0) is 4.74 Å². The van der Waals surface area contributed by atoms with E-state index in [4.69, 9.17) is 10.00 Å². The Morgan fingerprint density at radius 1 is 1.56 bits per heavy atom. The van der Waals surface area contributed by atoms with Crippen LogP contribution in [0.25, 0.3) is 0 Å². The molecule has 0 spiro atoms. The number of hydrogen-bond acceptors (Lipinski definition) is 5. The summed E-state index contributed by atoms with van der Waals surface area (Å²) in [5, 5.41) is 16.7. The molecule has 1 fully saturated rings. The van der Waals surface area contributed by atoms with Gasteiger partial charge in [0.25, 0.3) is 0 Å². The minimum Gasteiger partial charge on any atom is -0.375 e. The molecule has 1 aromatic rings. The molecule has 1 atom stereocenters. The Balaban J connectivity index is 2.23. The molecule has 1 aromatic heterocycles. The van der Waals surface area contributed by atoms with E-state index in [1.807, 2.05) is 19.9 Å². The molecule has 16 heavy (non-hydrogen) atoms. The second-order valence-electron chi connectivity index (χ2n) is 3.98. The van der Waals surface area contributed by atoms with Crippen LogP contribution in [0.2, 0.25) is 0 Å². The summed E-state index contributed by atoms with van der Waals surface area (Å²) in [7, 11) is 0. The van der Waals surface area contributed by atoms with E-state index in [0.717, 1.165) is 24.5 Å². The van der Waals surface area contributed by atoms with Crippen molar-refractivity contribution in [3.05, 3.63) is 17.3 Å². The molecule has 1 aliphatic heterocycles. The van der Waals surface area contributed by atoms with Gasteiger partial charge in [0, 0.05) is 13.1 Å². The predicted molar refractivity (Wildman–Crippen MR) is 59.1 cm³/mol. The zero-order valence-corrected chi connectivity index (χ0v) is 9.47. The van der Waals surface area contributed by atoms with E-state index >= 15 is 0 Å². The zero-order valence-electron chi connectivity index (χ0n) is 9.47. The van der Waals surface area contributed by atoms with Crippen LogP contribution in [0, 0.1) is 18.3 Å². The monoisotopic (exact) mass is 218 g/mol. The average Bonchev–Trinajstić information content (AvgIpc) is 2.28. The van der Waals surface area contributed by atoms with Crippen molar-refractivity contribution in [3.8, 4) is 6.07 Å². The lowest BCUT2D eigenvalue weighted by atomic mass is 10.2. The van der Waals surface area contributed by atoms with Gasteiger partial charge in [0.15, 0.2) is 11.5 Å². The van der Waals surface area contributed by atoms with Crippen LogP contribution in [0.15, 0.2) is 6.07 Å². The predicted octanol–water partition coefficient (Wildman–Crippen LogP) is 0.882. The van der Waals surface area contributed by atoms with Crippen molar-refractivity contribution in [2.24, 2.45) is 0 Å². The van der Waals surface area contributed by atoms with Crippen molar-refractivity contribution in [1.29, 1.82) is 5.26 Å². The first-order chi connectivity index (χ1) is 7.70. The average molecular weight is 218 g/mol. The molecule has 0 amide bonds. The van der Waals surface area contributed by atoms with Gasteiger partial charge in [-0.3, -0.25) is 0 Å². The van der Waals surface area contributed by atoms with Gasteiger partial charge in [0.2, 0.25) is 0 Å². The maximum Gasteiger partial charge on any atom is 0.163 e. The number of aryl methyl sites for hydroxylation is 1. The Kier molecular flexibility index (Phi) is 3.02. The summed E-state index contributed by atoms with van der Waals surface area (Å²) in [5.41, 5.74) is 1.35. The number of anilines is 1. The van der Waals surface area contributed by atoms with Gasteiger partial charge < -0.3 is 9.64 Å². The van der Waals surface area contributed by atoms with Gasteiger partial charge in [-0.15, -0.1) is 10.2 Å². The van der Waals surface area contributed by atoms with Gasteiger partial charge in [0.1, 0.15) is 6.07 Å². The van der Waals surface area contributed by atoms with Crippen LogP contribution in [0.1, 0.15) is 18.2 Å². The highest BCUT2D eigenvalue weighted by Crippen LogP contribution is 2.18. The molecular formula is C11H14N4O. The van der Waals surface area contributed by atoms with E-state index in [1.54, 1.807) is 6.07 Å². The van der Waals surface area contributed by atoms with Gasteiger partial charge in [-0.05, 0) is 25.5 Å². The smallest absolute Gasteiger partial charge is 0.163 e. The molecule has 0 aliphatic carbocycles. The minimum atomic E-state index is 0.214. The summed E-state index contributed by atoms with van der Waals surface area (Å²) in [5.74, 6) is 0.856. The van der Waals surface area contributed by atoms with E-state index in [0.29, 0.717) is 12.3 Å². The molecule has 2 rings (SSSR count). The molecule has 5 nitrogen and oxygen atoms in total. The van der Waals surface area contributed by atoms with Crippen molar-refractivity contribution in [3.63, 3.8) is 0 Å². The molecule has 0 unspecified atom stereocenters. The Labute approximate surface area is 94.7 Å². The van der Waals surface area contributed by atoms with Crippen LogP contribution in [0.4, 0.5) is 5.82 Å². The van der Waals surface area contributed by atoms with Gasteiger partial charge in [0.05, 0.1) is 12.7 Å². The Bertz CT molecular complexity index is 426. The maximum atomic E-state index is 8.72. The molecule has 1 saturated heterocycles. The lowest BCUT2D eigenvalue weighted by Crippen LogP contribution is -2.42. The maximum absolute atomic E-state index is 8.72. The summed E-state index contributed by atoms with van der Waals surface area (Å²) in [6.07, 6.45) is 0.214. The lowest BCUT2D eigenvalue weighted by Gasteiger charge is -2.32. The Morgan fingerprint density at radius 2 is 2.38 bits per heavy atom. The standard InChI is InChI=1S/C11H14N4O/c1-8-5-10(6-12)13-14-11(8)15-3-4-16-9(2)7-15/h5,9H,3-4,7H2,1-2H3/t9-/m1/s1. The molecular weight excluding hydrogens is 204 g/mol. The van der Waals surface area contributed by atoms with Crippen LogP contribution in [0.5, 0.6) is 0 Å². The highest BCUT2D eigenvalue weighted by atomic mass is 16.5. The number of hydrogen-bond donors (Lipinski definition) is 0. The fourth-order valence-corrected chi connectivity index (χ4v) is 1.86. The van der Waals surface area contributed by atoms with E-state index in [-0.39, 0.29) is 6.10 Å². The Hall–Kier alpha value is -1.67. The van der Waals surface area contributed by atoms with Gasteiger partial charge in [-0.25, -0.2) is 0 Å². The van der Waals surface area contributed by atoms with Crippen molar-refractivity contribution in [2.75, 3.05) is 24.6 Å². The summed E-state index contributed by atoms with van der Waals surface area (Å²) < 4.78 is 5.47.